The first-order valence-electron chi connectivity index (χ1n) is 6.19. The summed E-state index contributed by atoms with van der Waals surface area (Å²) in [5, 5.41) is 12.9. The Balaban J connectivity index is 2.06. The van der Waals surface area contributed by atoms with Crippen molar-refractivity contribution in [1.29, 1.82) is 0 Å². The molecule has 0 fully saturated rings. The van der Waals surface area contributed by atoms with E-state index in [1.165, 1.54) is 5.56 Å². The molecule has 0 saturated heterocycles. The molecule has 3 heteroatoms. The van der Waals surface area contributed by atoms with Gasteiger partial charge in [0.25, 0.3) is 0 Å². The van der Waals surface area contributed by atoms with Gasteiger partial charge >= 0.3 is 0 Å². The summed E-state index contributed by atoms with van der Waals surface area (Å²) in [4.78, 5) is 0. The Kier molecular flexibility index (Phi) is 6.86. The highest BCUT2D eigenvalue weighted by molar-refractivity contribution is 5.14. The second kappa shape index (κ2) is 8.23. The molecule has 0 amide bonds. The third-order valence-electron chi connectivity index (χ3n) is 2.31. The molecular weight excluding hydrogens is 214 g/mol. The number of aliphatic hydroxyl groups excluding tert-OH is 1. The van der Waals surface area contributed by atoms with E-state index in [0.717, 1.165) is 6.54 Å². The Labute approximate surface area is 104 Å². The third-order valence-corrected chi connectivity index (χ3v) is 2.31. The number of hydrogen-bond acceptors (Lipinski definition) is 3. The number of nitrogens with one attached hydrogen (secondary N) is 1. The smallest absolute Gasteiger partial charge is 0.0897 e. The summed E-state index contributed by atoms with van der Waals surface area (Å²) in [6.45, 7) is 6.64. The van der Waals surface area contributed by atoms with Gasteiger partial charge in [0.1, 0.15) is 0 Å². The van der Waals surface area contributed by atoms with E-state index in [0.29, 0.717) is 25.7 Å². The van der Waals surface area contributed by atoms with Gasteiger partial charge in [-0.05, 0) is 11.5 Å². The molecule has 1 aromatic rings. The van der Waals surface area contributed by atoms with E-state index >= 15 is 0 Å². The largest absolute Gasteiger partial charge is 0.389 e. The van der Waals surface area contributed by atoms with Crippen LogP contribution in [-0.4, -0.2) is 31.0 Å². The number of rotatable bonds is 8. The van der Waals surface area contributed by atoms with Crippen molar-refractivity contribution in [2.45, 2.75) is 26.5 Å². The van der Waals surface area contributed by atoms with Crippen molar-refractivity contribution < 1.29 is 9.84 Å². The van der Waals surface area contributed by atoms with E-state index in [1.807, 2.05) is 18.2 Å². The van der Waals surface area contributed by atoms with Crippen molar-refractivity contribution in [3.63, 3.8) is 0 Å². The van der Waals surface area contributed by atoms with E-state index in [9.17, 15) is 5.11 Å². The summed E-state index contributed by atoms with van der Waals surface area (Å²) in [6.07, 6.45) is -0.433. The fraction of sp³-hybridized carbons (Fsp3) is 0.571. The Morgan fingerprint density at radius 3 is 2.53 bits per heavy atom. The SMILES string of the molecule is CC(C)COCC(O)CNCc1ccccc1. The fourth-order valence-corrected chi connectivity index (χ4v) is 1.48. The fourth-order valence-electron chi connectivity index (χ4n) is 1.48. The molecule has 96 valence electrons. The standard InChI is InChI=1S/C14H23NO2/c1-12(2)10-17-11-14(16)9-15-8-13-6-4-3-5-7-13/h3-7,12,14-16H,8-11H2,1-2H3. The van der Waals surface area contributed by atoms with Gasteiger partial charge < -0.3 is 15.2 Å². The zero-order valence-corrected chi connectivity index (χ0v) is 10.7. The van der Waals surface area contributed by atoms with Crippen LogP contribution in [0, 0.1) is 5.92 Å². The number of aliphatic hydroxyl groups is 1. The topological polar surface area (TPSA) is 41.5 Å². The van der Waals surface area contributed by atoms with Crippen molar-refractivity contribution in [3.8, 4) is 0 Å². The highest BCUT2D eigenvalue weighted by atomic mass is 16.5. The maximum absolute atomic E-state index is 9.65. The Morgan fingerprint density at radius 1 is 1.18 bits per heavy atom. The Bertz CT molecular complexity index is 288. The van der Waals surface area contributed by atoms with Gasteiger partial charge in [0.05, 0.1) is 12.7 Å². The summed E-state index contributed by atoms with van der Waals surface area (Å²) in [7, 11) is 0. The first kappa shape index (κ1) is 14.2. The lowest BCUT2D eigenvalue weighted by molar-refractivity contribution is 0.0260. The zero-order chi connectivity index (χ0) is 12.5. The maximum atomic E-state index is 9.65. The minimum Gasteiger partial charge on any atom is -0.389 e. The quantitative estimate of drug-likeness (QED) is 0.724. The van der Waals surface area contributed by atoms with Crippen LogP contribution >= 0.6 is 0 Å². The van der Waals surface area contributed by atoms with Crippen LogP contribution in [0.3, 0.4) is 0 Å². The van der Waals surface area contributed by atoms with Crippen LogP contribution in [0.2, 0.25) is 0 Å². The summed E-state index contributed by atoms with van der Waals surface area (Å²) in [5.74, 6) is 0.513. The van der Waals surface area contributed by atoms with E-state index in [-0.39, 0.29) is 0 Å². The molecule has 0 aliphatic rings. The molecule has 3 nitrogen and oxygen atoms in total. The number of hydrogen-bond donors (Lipinski definition) is 2. The minimum atomic E-state index is -0.433. The van der Waals surface area contributed by atoms with Crippen molar-refractivity contribution >= 4 is 0 Å². The highest BCUT2D eigenvalue weighted by Crippen LogP contribution is 1.97. The van der Waals surface area contributed by atoms with Crippen molar-refractivity contribution in [1.82, 2.24) is 5.32 Å². The van der Waals surface area contributed by atoms with Crippen LogP contribution in [0.1, 0.15) is 19.4 Å². The van der Waals surface area contributed by atoms with Crippen LogP contribution < -0.4 is 5.32 Å². The average molecular weight is 237 g/mol. The molecular formula is C14H23NO2. The molecule has 0 radical (unpaired) electrons. The summed E-state index contributed by atoms with van der Waals surface area (Å²) in [6, 6.07) is 10.2. The molecule has 0 heterocycles. The molecule has 0 saturated carbocycles. The molecule has 2 N–H and O–H groups in total. The van der Waals surface area contributed by atoms with Crippen LogP contribution in [0.25, 0.3) is 0 Å². The van der Waals surface area contributed by atoms with Gasteiger partial charge in [0, 0.05) is 19.7 Å². The molecule has 0 aromatic heterocycles. The normalized spacial score (nSPS) is 12.9. The highest BCUT2D eigenvalue weighted by Gasteiger charge is 2.04. The molecule has 0 spiro atoms. The molecule has 1 rings (SSSR count). The molecule has 1 atom stereocenters. The van der Waals surface area contributed by atoms with Gasteiger partial charge in [-0.1, -0.05) is 44.2 Å². The van der Waals surface area contributed by atoms with Crippen molar-refractivity contribution in [2.75, 3.05) is 19.8 Å². The Hall–Kier alpha value is -0.900. The van der Waals surface area contributed by atoms with Gasteiger partial charge in [-0.25, -0.2) is 0 Å². The van der Waals surface area contributed by atoms with Crippen molar-refractivity contribution in [2.24, 2.45) is 5.92 Å². The molecule has 0 aliphatic carbocycles. The predicted molar refractivity (Wildman–Crippen MR) is 69.8 cm³/mol. The Morgan fingerprint density at radius 2 is 1.88 bits per heavy atom. The number of benzene rings is 1. The van der Waals surface area contributed by atoms with Crippen LogP contribution in [0.15, 0.2) is 30.3 Å². The van der Waals surface area contributed by atoms with Crippen LogP contribution in [0.5, 0.6) is 0 Å². The van der Waals surface area contributed by atoms with Crippen molar-refractivity contribution in [3.05, 3.63) is 35.9 Å². The molecule has 0 bridgehead atoms. The first-order chi connectivity index (χ1) is 8.18. The van der Waals surface area contributed by atoms with E-state index in [1.54, 1.807) is 0 Å². The van der Waals surface area contributed by atoms with Gasteiger partial charge in [-0.15, -0.1) is 0 Å². The summed E-state index contributed by atoms with van der Waals surface area (Å²) in [5.41, 5.74) is 1.22. The number of ether oxygens (including phenoxy) is 1. The molecule has 17 heavy (non-hydrogen) atoms. The minimum absolute atomic E-state index is 0.403. The predicted octanol–water partition coefficient (Wildman–Crippen LogP) is 1.81. The van der Waals surface area contributed by atoms with E-state index in [2.05, 4.69) is 31.3 Å². The van der Waals surface area contributed by atoms with E-state index in [4.69, 9.17) is 4.74 Å². The maximum Gasteiger partial charge on any atom is 0.0897 e. The zero-order valence-electron chi connectivity index (χ0n) is 10.7. The van der Waals surface area contributed by atoms with Crippen LogP contribution in [-0.2, 0) is 11.3 Å². The second-order valence-corrected chi connectivity index (χ2v) is 4.70. The lowest BCUT2D eigenvalue weighted by Gasteiger charge is -2.13. The van der Waals surface area contributed by atoms with Gasteiger partial charge in [0.15, 0.2) is 0 Å². The second-order valence-electron chi connectivity index (χ2n) is 4.70. The first-order valence-corrected chi connectivity index (χ1v) is 6.19. The van der Waals surface area contributed by atoms with E-state index < -0.39 is 6.10 Å². The van der Waals surface area contributed by atoms with Gasteiger partial charge in [-0.2, -0.15) is 0 Å². The average Bonchev–Trinajstić information content (AvgIpc) is 2.30. The molecule has 1 aromatic carbocycles. The van der Waals surface area contributed by atoms with Crippen LogP contribution in [0.4, 0.5) is 0 Å². The molecule has 0 aliphatic heterocycles. The van der Waals surface area contributed by atoms with Gasteiger partial charge in [-0.3, -0.25) is 0 Å². The lowest BCUT2D eigenvalue weighted by Crippen LogP contribution is -2.30. The third kappa shape index (κ3) is 7.10. The lowest BCUT2D eigenvalue weighted by atomic mass is 10.2. The summed E-state index contributed by atoms with van der Waals surface area (Å²) >= 11 is 0. The summed E-state index contributed by atoms with van der Waals surface area (Å²) < 4.78 is 5.37. The monoisotopic (exact) mass is 237 g/mol. The van der Waals surface area contributed by atoms with Gasteiger partial charge in [0.2, 0.25) is 0 Å². The molecule has 1 unspecified atom stereocenters.